The van der Waals surface area contributed by atoms with Crippen molar-refractivity contribution in [1.82, 2.24) is 20.2 Å². The van der Waals surface area contributed by atoms with Gasteiger partial charge in [0.05, 0.1) is 0 Å². The van der Waals surface area contributed by atoms with Crippen molar-refractivity contribution in [2.45, 2.75) is 13.0 Å². The molecule has 9 heavy (non-hydrogen) atoms. The van der Waals surface area contributed by atoms with E-state index >= 15 is 0 Å². The van der Waals surface area contributed by atoms with E-state index in [9.17, 15) is 0 Å². The van der Waals surface area contributed by atoms with Crippen molar-refractivity contribution in [2.24, 2.45) is 0 Å². The highest BCUT2D eigenvalue weighted by atomic mass is 15.5. The third kappa shape index (κ3) is 1.05. The Bertz CT molecular complexity index is 207. The van der Waals surface area contributed by atoms with E-state index < -0.39 is 0 Å². The highest BCUT2D eigenvalue weighted by molar-refractivity contribution is 4.93. The number of hydrogen-bond acceptors (Lipinski definition) is 3. The molecular formula is C5H6N4. The normalized spacial score (nSPS) is 12.4. The molecule has 1 heterocycles. The van der Waals surface area contributed by atoms with E-state index in [0.29, 0.717) is 0 Å². The molecule has 0 saturated carbocycles. The second-order valence-corrected chi connectivity index (χ2v) is 1.63. The molecule has 1 atom stereocenters. The van der Waals surface area contributed by atoms with E-state index in [-0.39, 0.29) is 6.04 Å². The second kappa shape index (κ2) is 2.27. The maximum absolute atomic E-state index is 5.10. The van der Waals surface area contributed by atoms with Crippen LogP contribution in [0.4, 0.5) is 0 Å². The van der Waals surface area contributed by atoms with Crippen LogP contribution in [0, 0.1) is 12.3 Å². The first kappa shape index (κ1) is 5.76. The molecule has 0 amide bonds. The Kier molecular flexibility index (Phi) is 1.45. The lowest BCUT2D eigenvalue weighted by atomic mass is 10.4. The largest absolute Gasteiger partial charge is 0.218 e. The smallest absolute Gasteiger partial charge is 0.139 e. The number of tetrazole rings is 1. The topological polar surface area (TPSA) is 43.6 Å². The molecule has 1 rings (SSSR count). The molecule has 0 saturated heterocycles. The van der Waals surface area contributed by atoms with Crippen molar-refractivity contribution < 1.29 is 0 Å². The lowest BCUT2D eigenvalue weighted by Gasteiger charge is -1.98. The minimum atomic E-state index is -0.0556. The van der Waals surface area contributed by atoms with Gasteiger partial charge in [0.25, 0.3) is 0 Å². The molecule has 0 fully saturated rings. The minimum Gasteiger partial charge on any atom is -0.218 e. The molecular weight excluding hydrogens is 116 g/mol. The maximum Gasteiger partial charge on any atom is 0.139 e. The predicted molar refractivity (Wildman–Crippen MR) is 31.4 cm³/mol. The Labute approximate surface area is 52.9 Å². The van der Waals surface area contributed by atoms with E-state index in [4.69, 9.17) is 6.42 Å². The molecule has 4 nitrogen and oxygen atoms in total. The summed E-state index contributed by atoms with van der Waals surface area (Å²) in [5, 5.41) is 10.5. The Balaban J connectivity index is 2.80. The number of hydrogen-bond donors (Lipinski definition) is 0. The third-order valence-corrected chi connectivity index (χ3v) is 1.00. The molecule has 0 bridgehead atoms. The van der Waals surface area contributed by atoms with Crippen molar-refractivity contribution in [3.05, 3.63) is 6.33 Å². The van der Waals surface area contributed by atoms with Crippen LogP contribution < -0.4 is 0 Å². The lowest BCUT2D eigenvalue weighted by Crippen LogP contribution is -2.02. The molecule has 1 unspecified atom stereocenters. The molecule has 0 aliphatic carbocycles. The molecule has 1 aromatic rings. The molecule has 1 aromatic heterocycles. The summed E-state index contributed by atoms with van der Waals surface area (Å²) in [7, 11) is 0. The Morgan fingerprint density at radius 2 is 2.56 bits per heavy atom. The van der Waals surface area contributed by atoms with E-state index in [1.165, 1.54) is 11.0 Å². The number of aromatic nitrogens is 4. The fourth-order valence-electron chi connectivity index (χ4n) is 0.422. The quantitative estimate of drug-likeness (QED) is 0.487. The van der Waals surface area contributed by atoms with Crippen LogP contribution in [0.25, 0.3) is 0 Å². The monoisotopic (exact) mass is 122 g/mol. The minimum absolute atomic E-state index is 0.0556. The van der Waals surface area contributed by atoms with Gasteiger partial charge < -0.3 is 0 Å². The average molecular weight is 122 g/mol. The zero-order valence-corrected chi connectivity index (χ0v) is 5.02. The van der Waals surface area contributed by atoms with Crippen molar-refractivity contribution >= 4 is 0 Å². The van der Waals surface area contributed by atoms with Crippen molar-refractivity contribution in [3.63, 3.8) is 0 Å². The van der Waals surface area contributed by atoms with Gasteiger partial charge in [0.15, 0.2) is 0 Å². The molecule has 0 N–H and O–H groups in total. The Morgan fingerprint density at radius 3 is 3.00 bits per heavy atom. The Morgan fingerprint density at radius 1 is 1.78 bits per heavy atom. The van der Waals surface area contributed by atoms with Crippen molar-refractivity contribution in [2.75, 3.05) is 0 Å². The van der Waals surface area contributed by atoms with Crippen LogP contribution in [0.3, 0.4) is 0 Å². The summed E-state index contributed by atoms with van der Waals surface area (Å²) in [6.07, 6.45) is 6.59. The fourth-order valence-corrected chi connectivity index (χ4v) is 0.422. The van der Waals surface area contributed by atoms with Crippen molar-refractivity contribution in [1.29, 1.82) is 0 Å². The van der Waals surface area contributed by atoms with Crippen LogP contribution in [-0.4, -0.2) is 20.2 Å². The second-order valence-electron chi connectivity index (χ2n) is 1.63. The van der Waals surface area contributed by atoms with Crippen molar-refractivity contribution in [3.8, 4) is 12.3 Å². The van der Waals surface area contributed by atoms with Gasteiger partial charge in [-0.2, -0.15) is 0 Å². The van der Waals surface area contributed by atoms with E-state index in [0.717, 1.165) is 0 Å². The van der Waals surface area contributed by atoms with Gasteiger partial charge in [-0.05, 0) is 17.4 Å². The molecule has 46 valence electrons. The molecule has 0 aromatic carbocycles. The Hall–Kier alpha value is -1.37. The van der Waals surface area contributed by atoms with Crippen LogP contribution in [0.5, 0.6) is 0 Å². The summed E-state index contributed by atoms with van der Waals surface area (Å²) in [6, 6.07) is -0.0556. The van der Waals surface area contributed by atoms with Gasteiger partial charge >= 0.3 is 0 Å². The summed E-state index contributed by atoms with van der Waals surface area (Å²) in [5.41, 5.74) is 0. The molecule has 0 radical (unpaired) electrons. The van der Waals surface area contributed by atoms with Crippen LogP contribution in [0.15, 0.2) is 6.33 Å². The lowest BCUT2D eigenvalue weighted by molar-refractivity contribution is 0.572. The van der Waals surface area contributed by atoms with Gasteiger partial charge in [0.2, 0.25) is 0 Å². The number of nitrogens with zero attached hydrogens (tertiary/aromatic N) is 4. The summed E-state index contributed by atoms with van der Waals surface area (Å²) in [6.45, 7) is 1.84. The molecule has 0 aliphatic rings. The molecule has 4 heteroatoms. The van der Waals surface area contributed by atoms with Gasteiger partial charge in [-0.3, -0.25) is 0 Å². The summed E-state index contributed by atoms with van der Waals surface area (Å²) in [4.78, 5) is 0. The van der Waals surface area contributed by atoms with Gasteiger partial charge in [-0.1, -0.05) is 5.92 Å². The summed E-state index contributed by atoms with van der Waals surface area (Å²) in [5.74, 6) is 2.49. The first-order valence-electron chi connectivity index (χ1n) is 2.53. The van der Waals surface area contributed by atoms with Crippen LogP contribution in [0.2, 0.25) is 0 Å². The zero-order chi connectivity index (χ0) is 6.69. The third-order valence-electron chi connectivity index (χ3n) is 1.00. The van der Waals surface area contributed by atoms with Gasteiger partial charge in [-0.15, -0.1) is 11.5 Å². The zero-order valence-electron chi connectivity index (χ0n) is 5.02. The summed E-state index contributed by atoms with van der Waals surface area (Å²) >= 11 is 0. The number of terminal acetylenes is 1. The highest BCUT2D eigenvalue weighted by Crippen LogP contribution is 1.95. The van der Waals surface area contributed by atoms with Gasteiger partial charge in [-0.25, -0.2) is 4.68 Å². The van der Waals surface area contributed by atoms with E-state index in [2.05, 4.69) is 21.4 Å². The first-order valence-corrected chi connectivity index (χ1v) is 2.53. The standard InChI is InChI=1S/C5H6N4/c1-3-5(2)9-4-6-7-8-9/h1,4-5H,2H3. The van der Waals surface area contributed by atoms with Crippen LogP contribution in [0.1, 0.15) is 13.0 Å². The fraction of sp³-hybridized carbons (Fsp3) is 0.400. The van der Waals surface area contributed by atoms with E-state index in [1.54, 1.807) is 0 Å². The number of rotatable bonds is 1. The first-order chi connectivity index (χ1) is 4.34. The molecule has 0 aliphatic heterocycles. The van der Waals surface area contributed by atoms with Crippen LogP contribution >= 0.6 is 0 Å². The average Bonchev–Trinajstić information content (AvgIpc) is 2.37. The van der Waals surface area contributed by atoms with E-state index in [1.807, 2.05) is 6.92 Å². The maximum atomic E-state index is 5.10. The van der Waals surface area contributed by atoms with Crippen LogP contribution in [-0.2, 0) is 0 Å². The van der Waals surface area contributed by atoms with Gasteiger partial charge in [0.1, 0.15) is 12.4 Å². The predicted octanol–water partition coefficient (Wildman–Crippen LogP) is -0.133. The SMILES string of the molecule is C#CC(C)n1cnnn1. The summed E-state index contributed by atoms with van der Waals surface area (Å²) < 4.78 is 1.51. The highest BCUT2D eigenvalue weighted by Gasteiger charge is 1.97. The molecule has 0 spiro atoms. The van der Waals surface area contributed by atoms with Gasteiger partial charge in [0, 0.05) is 0 Å².